The second kappa shape index (κ2) is 6.02. The minimum atomic E-state index is -0.801. The zero-order valence-corrected chi connectivity index (χ0v) is 13.8. The number of esters is 1. The minimum absolute atomic E-state index is 0.329. The molecule has 0 radical (unpaired) electrons. The fourth-order valence-electron chi connectivity index (χ4n) is 2.74. The number of ether oxygens (including phenoxy) is 1. The second-order valence-corrected chi connectivity index (χ2v) is 6.59. The van der Waals surface area contributed by atoms with Crippen LogP contribution in [-0.2, 0) is 15.1 Å². The molecule has 1 aliphatic rings. The van der Waals surface area contributed by atoms with Crippen LogP contribution in [0.1, 0.15) is 18.9 Å². The Kier molecular flexibility index (Phi) is 4.21. The number of carbonyl (C=O) groups is 1. The second-order valence-electron chi connectivity index (χ2n) is 5.72. The van der Waals surface area contributed by atoms with Crippen molar-refractivity contribution in [2.75, 3.05) is 5.32 Å². The summed E-state index contributed by atoms with van der Waals surface area (Å²) in [4.78, 5) is 12.2. The Labute approximate surface area is 143 Å². The maximum absolute atomic E-state index is 13.1. The quantitative estimate of drug-likeness (QED) is 0.807. The summed E-state index contributed by atoms with van der Waals surface area (Å²) in [6, 6.07) is 10.4. The number of cyclic esters (lactones) is 1. The highest BCUT2D eigenvalue weighted by atomic mass is 35.5. The summed E-state index contributed by atoms with van der Waals surface area (Å²) in [5.41, 5.74) is 0.596. The van der Waals surface area contributed by atoms with Crippen molar-refractivity contribution >= 4 is 34.9 Å². The average molecular weight is 354 g/mol. The van der Waals surface area contributed by atoms with Crippen LogP contribution in [0.3, 0.4) is 0 Å². The van der Waals surface area contributed by atoms with Crippen molar-refractivity contribution in [2.24, 2.45) is 0 Å². The van der Waals surface area contributed by atoms with E-state index < -0.39 is 11.6 Å². The Hall–Kier alpha value is -1.78. The summed E-state index contributed by atoms with van der Waals surface area (Å²) in [6.07, 6.45) is 0.418. The van der Waals surface area contributed by atoms with E-state index in [9.17, 15) is 9.18 Å². The predicted molar refractivity (Wildman–Crippen MR) is 88.3 cm³/mol. The van der Waals surface area contributed by atoms with Gasteiger partial charge in [0.15, 0.2) is 0 Å². The van der Waals surface area contributed by atoms with Crippen LogP contribution in [0.4, 0.5) is 10.1 Å². The van der Waals surface area contributed by atoms with Crippen molar-refractivity contribution < 1.29 is 13.9 Å². The molecule has 1 N–H and O–H groups in total. The SMILES string of the molecule is CC1(c2ccc(F)cc2)CC(Nc2cc(Cl)cc(Cl)c2)C(=O)O1. The molecule has 0 aliphatic carbocycles. The molecule has 1 aliphatic heterocycles. The molecule has 0 bridgehead atoms. The van der Waals surface area contributed by atoms with Gasteiger partial charge in [-0.1, -0.05) is 35.3 Å². The van der Waals surface area contributed by atoms with Crippen molar-refractivity contribution in [3.05, 3.63) is 63.9 Å². The molecule has 23 heavy (non-hydrogen) atoms. The topological polar surface area (TPSA) is 38.3 Å². The van der Waals surface area contributed by atoms with Crippen molar-refractivity contribution in [3.63, 3.8) is 0 Å². The van der Waals surface area contributed by atoms with Gasteiger partial charge in [0, 0.05) is 22.2 Å². The number of hydrogen-bond acceptors (Lipinski definition) is 3. The van der Waals surface area contributed by atoms with Gasteiger partial charge in [-0.2, -0.15) is 0 Å². The van der Waals surface area contributed by atoms with E-state index in [1.807, 2.05) is 6.92 Å². The van der Waals surface area contributed by atoms with Crippen LogP contribution in [0.15, 0.2) is 42.5 Å². The summed E-state index contributed by atoms with van der Waals surface area (Å²) in [7, 11) is 0. The number of hydrogen-bond donors (Lipinski definition) is 1. The molecular weight excluding hydrogens is 340 g/mol. The van der Waals surface area contributed by atoms with Gasteiger partial charge in [0.05, 0.1) is 0 Å². The van der Waals surface area contributed by atoms with E-state index >= 15 is 0 Å². The molecule has 0 aromatic heterocycles. The van der Waals surface area contributed by atoms with E-state index in [0.29, 0.717) is 22.2 Å². The van der Waals surface area contributed by atoms with Crippen LogP contribution >= 0.6 is 23.2 Å². The first-order valence-corrected chi connectivity index (χ1v) is 7.83. The van der Waals surface area contributed by atoms with Crippen LogP contribution in [0.5, 0.6) is 0 Å². The van der Waals surface area contributed by atoms with Crippen LogP contribution in [-0.4, -0.2) is 12.0 Å². The fraction of sp³-hybridized carbons (Fsp3) is 0.235. The summed E-state index contributed by atoms with van der Waals surface area (Å²) in [5.74, 6) is -0.696. The molecule has 3 rings (SSSR count). The van der Waals surface area contributed by atoms with Gasteiger partial charge in [0.25, 0.3) is 0 Å². The van der Waals surface area contributed by atoms with Crippen LogP contribution < -0.4 is 5.32 Å². The minimum Gasteiger partial charge on any atom is -0.453 e. The van der Waals surface area contributed by atoms with Crippen LogP contribution in [0.25, 0.3) is 0 Å². The summed E-state index contributed by atoms with van der Waals surface area (Å²) >= 11 is 11.9. The van der Waals surface area contributed by atoms with E-state index in [1.165, 1.54) is 12.1 Å². The van der Waals surface area contributed by atoms with Crippen LogP contribution in [0, 0.1) is 5.82 Å². The molecule has 1 saturated heterocycles. The predicted octanol–water partition coefficient (Wildman–Crippen LogP) is 4.78. The van der Waals surface area contributed by atoms with Gasteiger partial charge >= 0.3 is 5.97 Å². The molecule has 0 amide bonds. The lowest BCUT2D eigenvalue weighted by molar-refractivity contribution is -0.148. The molecule has 3 nitrogen and oxygen atoms in total. The Bertz CT molecular complexity index is 731. The maximum atomic E-state index is 13.1. The van der Waals surface area contributed by atoms with E-state index in [1.54, 1.807) is 30.3 Å². The molecule has 6 heteroatoms. The first-order chi connectivity index (χ1) is 10.9. The molecule has 1 heterocycles. The zero-order chi connectivity index (χ0) is 16.6. The number of carbonyl (C=O) groups excluding carboxylic acids is 1. The Morgan fingerprint density at radius 1 is 1.17 bits per heavy atom. The Balaban J connectivity index is 1.80. The van der Waals surface area contributed by atoms with Gasteiger partial charge in [-0.15, -0.1) is 0 Å². The first kappa shape index (κ1) is 16.1. The highest BCUT2D eigenvalue weighted by Gasteiger charge is 2.44. The third-order valence-corrected chi connectivity index (χ3v) is 4.30. The number of rotatable bonds is 3. The summed E-state index contributed by atoms with van der Waals surface area (Å²) in [5, 5.41) is 4.05. The molecule has 2 aromatic rings. The van der Waals surface area contributed by atoms with Gasteiger partial charge in [-0.3, -0.25) is 0 Å². The molecule has 2 aromatic carbocycles. The summed E-state index contributed by atoms with van der Waals surface area (Å²) < 4.78 is 18.6. The van der Waals surface area contributed by atoms with Crippen molar-refractivity contribution in [3.8, 4) is 0 Å². The fourth-order valence-corrected chi connectivity index (χ4v) is 3.26. The van der Waals surface area contributed by atoms with Crippen LogP contribution in [0.2, 0.25) is 10.0 Å². The smallest absolute Gasteiger partial charge is 0.329 e. The largest absolute Gasteiger partial charge is 0.453 e. The van der Waals surface area contributed by atoms with Crippen molar-refractivity contribution in [2.45, 2.75) is 25.0 Å². The third kappa shape index (κ3) is 3.43. The van der Waals surface area contributed by atoms with Gasteiger partial charge in [0.1, 0.15) is 17.5 Å². The van der Waals surface area contributed by atoms with Gasteiger partial charge < -0.3 is 10.1 Å². The Morgan fingerprint density at radius 2 is 1.78 bits per heavy atom. The number of anilines is 1. The first-order valence-electron chi connectivity index (χ1n) is 7.07. The molecule has 2 unspecified atom stereocenters. The molecule has 0 spiro atoms. The highest BCUT2D eigenvalue weighted by Crippen LogP contribution is 2.38. The maximum Gasteiger partial charge on any atom is 0.329 e. The Morgan fingerprint density at radius 3 is 2.39 bits per heavy atom. The highest BCUT2D eigenvalue weighted by molar-refractivity contribution is 6.35. The molecule has 0 saturated carbocycles. The molecule has 2 atom stereocenters. The van der Waals surface area contributed by atoms with Crippen molar-refractivity contribution in [1.82, 2.24) is 0 Å². The van der Waals surface area contributed by atoms with Gasteiger partial charge in [-0.25, -0.2) is 9.18 Å². The lowest BCUT2D eigenvalue weighted by atomic mass is 9.91. The average Bonchev–Trinajstić information content (AvgIpc) is 2.74. The molecule has 1 fully saturated rings. The van der Waals surface area contributed by atoms with E-state index in [4.69, 9.17) is 27.9 Å². The lowest BCUT2D eigenvalue weighted by Crippen LogP contribution is -2.25. The third-order valence-electron chi connectivity index (χ3n) is 3.86. The summed E-state index contributed by atoms with van der Waals surface area (Å²) in [6.45, 7) is 1.81. The van der Waals surface area contributed by atoms with E-state index in [-0.39, 0.29) is 11.8 Å². The van der Waals surface area contributed by atoms with E-state index in [2.05, 4.69) is 5.32 Å². The zero-order valence-electron chi connectivity index (χ0n) is 12.3. The van der Waals surface area contributed by atoms with Gasteiger partial charge in [0.2, 0.25) is 0 Å². The monoisotopic (exact) mass is 353 g/mol. The molecular formula is C17H14Cl2FNO2. The number of halogens is 3. The standard InChI is InChI=1S/C17H14Cl2FNO2/c1-17(10-2-4-13(20)5-3-10)9-15(16(22)23-17)21-14-7-11(18)6-12(19)8-14/h2-8,15,21H,9H2,1H3. The van der Waals surface area contributed by atoms with Crippen molar-refractivity contribution in [1.29, 1.82) is 0 Å². The number of nitrogens with one attached hydrogen (secondary N) is 1. The normalized spacial score (nSPS) is 23.7. The van der Waals surface area contributed by atoms with E-state index in [0.717, 1.165) is 5.56 Å². The molecule has 120 valence electrons. The van der Waals surface area contributed by atoms with Gasteiger partial charge in [-0.05, 0) is 42.8 Å². The lowest BCUT2D eigenvalue weighted by Gasteiger charge is -2.23. The number of benzene rings is 2.